The first-order chi connectivity index (χ1) is 12.7. The molecule has 26 heavy (non-hydrogen) atoms. The molecule has 1 amide bonds. The average Bonchev–Trinajstić information content (AvgIpc) is 2.68. The molecule has 7 heteroatoms. The highest BCUT2D eigenvalue weighted by molar-refractivity contribution is 5.94. The van der Waals surface area contributed by atoms with Gasteiger partial charge in [0.15, 0.2) is 0 Å². The Hall–Kier alpha value is -3.22. The number of fused-ring (bicyclic) bond motifs is 1. The SMILES string of the molecule is O=C(O)NC1CCN(c2nc(-c3ccncc3)cc3cnccc23)CC1. The summed E-state index contributed by atoms with van der Waals surface area (Å²) in [5.41, 5.74) is 1.89. The van der Waals surface area contributed by atoms with E-state index in [1.165, 1.54) is 0 Å². The molecule has 3 aromatic heterocycles. The van der Waals surface area contributed by atoms with Gasteiger partial charge >= 0.3 is 6.09 Å². The first-order valence-corrected chi connectivity index (χ1v) is 8.60. The molecule has 0 bridgehead atoms. The number of hydrogen-bond donors (Lipinski definition) is 2. The van der Waals surface area contributed by atoms with Crippen molar-refractivity contribution >= 4 is 22.7 Å². The van der Waals surface area contributed by atoms with Crippen LogP contribution in [0.2, 0.25) is 0 Å². The summed E-state index contributed by atoms with van der Waals surface area (Å²) in [7, 11) is 0. The molecular formula is C19H19N5O2. The van der Waals surface area contributed by atoms with Gasteiger partial charge in [-0.15, -0.1) is 0 Å². The zero-order valence-corrected chi connectivity index (χ0v) is 14.2. The van der Waals surface area contributed by atoms with Crippen molar-refractivity contribution in [3.8, 4) is 11.3 Å². The Morgan fingerprint density at radius 3 is 2.58 bits per heavy atom. The van der Waals surface area contributed by atoms with Crippen molar-refractivity contribution in [1.82, 2.24) is 20.3 Å². The second-order valence-corrected chi connectivity index (χ2v) is 6.37. The van der Waals surface area contributed by atoms with Crippen molar-refractivity contribution < 1.29 is 9.90 Å². The molecule has 1 saturated heterocycles. The molecule has 132 valence electrons. The van der Waals surface area contributed by atoms with Crippen LogP contribution in [-0.2, 0) is 0 Å². The van der Waals surface area contributed by atoms with E-state index in [2.05, 4.69) is 20.2 Å². The number of rotatable bonds is 3. The number of aromatic nitrogens is 3. The van der Waals surface area contributed by atoms with E-state index < -0.39 is 6.09 Å². The van der Waals surface area contributed by atoms with Crippen LogP contribution in [0.1, 0.15) is 12.8 Å². The molecule has 4 rings (SSSR count). The van der Waals surface area contributed by atoms with Crippen LogP contribution in [0.5, 0.6) is 0 Å². The lowest BCUT2D eigenvalue weighted by Crippen LogP contribution is -2.44. The Balaban J connectivity index is 1.69. The summed E-state index contributed by atoms with van der Waals surface area (Å²) in [6.45, 7) is 1.52. The largest absolute Gasteiger partial charge is 0.465 e. The molecule has 0 unspecified atom stereocenters. The topological polar surface area (TPSA) is 91.2 Å². The first-order valence-electron chi connectivity index (χ1n) is 8.60. The van der Waals surface area contributed by atoms with Crippen molar-refractivity contribution in [2.45, 2.75) is 18.9 Å². The van der Waals surface area contributed by atoms with E-state index in [-0.39, 0.29) is 6.04 Å². The molecule has 3 aromatic rings. The van der Waals surface area contributed by atoms with E-state index in [4.69, 9.17) is 10.1 Å². The molecule has 0 spiro atoms. The van der Waals surface area contributed by atoms with Crippen LogP contribution < -0.4 is 10.2 Å². The monoisotopic (exact) mass is 349 g/mol. The molecule has 7 nitrogen and oxygen atoms in total. The lowest BCUT2D eigenvalue weighted by atomic mass is 10.0. The number of pyridine rings is 3. The second-order valence-electron chi connectivity index (χ2n) is 6.37. The van der Waals surface area contributed by atoms with Gasteiger partial charge in [0.25, 0.3) is 0 Å². The third kappa shape index (κ3) is 3.28. The fourth-order valence-electron chi connectivity index (χ4n) is 3.40. The van der Waals surface area contributed by atoms with Crippen LogP contribution in [0.4, 0.5) is 10.6 Å². The maximum Gasteiger partial charge on any atom is 0.404 e. The van der Waals surface area contributed by atoms with Gasteiger partial charge in [0.1, 0.15) is 5.82 Å². The van der Waals surface area contributed by atoms with Crippen molar-refractivity contribution in [1.29, 1.82) is 0 Å². The zero-order valence-electron chi connectivity index (χ0n) is 14.2. The molecule has 0 radical (unpaired) electrons. The molecule has 0 atom stereocenters. The summed E-state index contributed by atoms with van der Waals surface area (Å²) in [6.07, 6.45) is 7.71. The third-order valence-corrected chi connectivity index (χ3v) is 4.71. The quantitative estimate of drug-likeness (QED) is 0.755. The van der Waals surface area contributed by atoms with E-state index in [9.17, 15) is 4.79 Å². The standard InChI is InChI=1S/C19H19N5O2/c25-19(26)22-15-4-9-24(10-5-15)18-16-3-8-21-12-14(16)11-17(23-18)13-1-6-20-7-2-13/h1-3,6-8,11-12,15,22H,4-5,9-10H2,(H,25,26). The van der Waals surface area contributed by atoms with Gasteiger partial charge in [-0.2, -0.15) is 0 Å². The molecule has 0 aliphatic carbocycles. The Labute approximate surface area is 150 Å². The summed E-state index contributed by atoms with van der Waals surface area (Å²) >= 11 is 0. The van der Waals surface area contributed by atoms with E-state index in [0.717, 1.165) is 53.8 Å². The Bertz CT molecular complexity index is 924. The first kappa shape index (κ1) is 16.3. The van der Waals surface area contributed by atoms with Gasteiger partial charge in [-0.05, 0) is 37.1 Å². The lowest BCUT2D eigenvalue weighted by molar-refractivity contribution is 0.187. The summed E-state index contributed by atoms with van der Waals surface area (Å²) in [4.78, 5) is 26.3. The Morgan fingerprint density at radius 1 is 1.12 bits per heavy atom. The molecule has 1 aliphatic rings. The summed E-state index contributed by atoms with van der Waals surface area (Å²) in [5.74, 6) is 0.922. The number of amides is 1. The van der Waals surface area contributed by atoms with Gasteiger partial charge in [0.05, 0.1) is 5.69 Å². The van der Waals surface area contributed by atoms with Crippen molar-refractivity contribution in [2.24, 2.45) is 0 Å². The van der Waals surface area contributed by atoms with Crippen molar-refractivity contribution in [2.75, 3.05) is 18.0 Å². The van der Waals surface area contributed by atoms with Gasteiger partial charge in [0.2, 0.25) is 0 Å². The number of piperidine rings is 1. The molecule has 1 aliphatic heterocycles. The number of carboxylic acid groups (broad SMARTS) is 1. The van der Waals surface area contributed by atoms with Crippen LogP contribution in [0.3, 0.4) is 0 Å². The van der Waals surface area contributed by atoms with Crippen molar-refractivity contribution in [3.05, 3.63) is 49.1 Å². The minimum Gasteiger partial charge on any atom is -0.465 e. The number of hydrogen-bond acceptors (Lipinski definition) is 5. The Kier molecular flexibility index (Phi) is 4.35. The predicted molar refractivity (Wildman–Crippen MR) is 99.2 cm³/mol. The molecule has 0 saturated carbocycles. The second kappa shape index (κ2) is 6.95. The Morgan fingerprint density at radius 2 is 1.85 bits per heavy atom. The number of anilines is 1. The fourth-order valence-corrected chi connectivity index (χ4v) is 3.40. The van der Waals surface area contributed by atoms with Crippen LogP contribution in [0.15, 0.2) is 49.1 Å². The molecule has 2 N–H and O–H groups in total. The highest BCUT2D eigenvalue weighted by atomic mass is 16.4. The minimum atomic E-state index is -0.960. The van der Waals surface area contributed by atoms with Crippen LogP contribution in [-0.4, -0.2) is 45.3 Å². The van der Waals surface area contributed by atoms with Gasteiger partial charge in [-0.3, -0.25) is 9.97 Å². The highest BCUT2D eigenvalue weighted by Gasteiger charge is 2.23. The predicted octanol–water partition coefficient (Wildman–Crippen LogP) is 2.93. The smallest absolute Gasteiger partial charge is 0.404 e. The summed E-state index contributed by atoms with van der Waals surface area (Å²) in [6, 6.07) is 7.91. The zero-order chi connectivity index (χ0) is 17.9. The summed E-state index contributed by atoms with van der Waals surface area (Å²) < 4.78 is 0. The fraction of sp³-hybridized carbons (Fsp3) is 0.263. The highest BCUT2D eigenvalue weighted by Crippen LogP contribution is 2.31. The normalized spacial score (nSPS) is 15.2. The number of nitrogens with zero attached hydrogens (tertiary/aromatic N) is 4. The number of carbonyl (C=O) groups is 1. The molecule has 0 aromatic carbocycles. The van der Waals surface area contributed by atoms with Crippen LogP contribution >= 0.6 is 0 Å². The molecular weight excluding hydrogens is 330 g/mol. The van der Waals surface area contributed by atoms with E-state index >= 15 is 0 Å². The van der Waals surface area contributed by atoms with Gasteiger partial charge in [-0.1, -0.05) is 0 Å². The lowest BCUT2D eigenvalue weighted by Gasteiger charge is -2.33. The van der Waals surface area contributed by atoms with E-state index in [0.29, 0.717) is 0 Å². The van der Waals surface area contributed by atoms with E-state index in [1.54, 1.807) is 18.6 Å². The average molecular weight is 349 g/mol. The van der Waals surface area contributed by atoms with E-state index in [1.807, 2.05) is 30.5 Å². The maximum atomic E-state index is 10.8. The molecule has 4 heterocycles. The van der Waals surface area contributed by atoms with Crippen LogP contribution in [0, 0.1) is 0 Å². The van der Waals surface area contributed by atoms with Gasteiger partial charge < -0.3 is 15.3 Å². The molecule has 1 fully saturated rings. The van der Waals surface area contributed by atoms with Gasteiger partial charge in [-0.25, -0.2) is 9.78 Å². The minimum absolute atomic E-state index is 0.0000567. The summed E-state index contributed by atoms with van der Waals surface area (Å²) in [5, 5.41) is 13.6. The van der Waals surface area contributed by atoms with Gasteiger partial charge in [0, 0.05) is 60.3 Å². The maximum absolute atomic E-state index is 10.8. The number of nitrogens with one attached hydrogen (secondary N) is 1. The third-order valence-electron chi connectivity index (χ3n) is 4.71. The van der Waals surface area contributed by atoms with Crippen LogP contribution in [0.25, 0.3) is 22.0 Å². The van der Waals surface area contributed by atoms with Crippen molar-refractivity contribution in [3.63, 3.8) is 0 Å².